The fourth-order valence-electron chi connectivity index (χ4n) is 1.63. The summed E-state index contributed by atoms with van der Waals surface area (Å²) < 4.78 is 0. The van der Waals surface area contributed by atoms with Gasteiger partial charge in [-0.2, -0.15) is 0 Å². The van der Waals surface area contributed by atoms with Gasteiger partial charge in [-0.15, -0.1) is 0 Å². The summed E-state index contributed by atoms with van der Waals surface area (Å²) in [4.78, 5) is 12.1. The van der Waals surface area contributed by atoms with Crippen molar-refractivity contribution in [1.82, 2.24) is 5.32 Å². The monoisotopic (exact) mass is 257 g/mol. The fourth-order valence-corrected chi connectivity index (χ4v) is 1.63. The van der Waals surface area contributed by atoms with Crippen LogP contribution in [-0.4, -0.2) is 23.2 Å². The number of nitrogens with one attached hydrogen (secondary N) is 1. The van der Waals surface area contributed by atoms with Crippen LogP contribution < -0.4 is 5.32 Å². The number of hydrogen-bond acceptors (Lipinski definition) is 2. The third-order valence-electron chi connectivity index (χ3n) is 3.87. The van der Waals surface area contributed by atoms with Gasteiger partial charge in [-0.3, -0.25) is 4.79 Å². The van der Waals surface area contributed by atoms with Crippen molar-refractivity contribution in [1.29, 1.82) is 0 Å². The molecule has 3 nitrogen and oxygen atoms in total. The van der Waals surface area contributed by atoms with Crippen molar-refractivity contribution >= 4 is 5.91 Å². The van der Waals surface area contributed by atoms with Gasteiger partial charge >= 0.3 is 0 Å². The lowest BCUT2D eigenvalue weighted by atomic mass is 9.85. The van der Waals surface area contributed by atoms with E-state index in [0.29, 0.717) is 6.54 Å². The Labute approximate surface area is 112 Å². The van der Waals surface area contributed by atoms with E-state index in [2.05, 4.69) is 12.2 Å². The van der Waals surface area contributed by atoms with E-state index in [9.17, 15) is 9.90 Å². The van der Waals surface area contributed by atoms with Gasteiger partial charge in [-0.25, -0.2) is 0 Å². The molecule has 0 aromatic carbocycles. The molecule has 0 aliphatic carbocycles. The number of amides is 1. The molecule has 3 heteroatoms. The van der Waals surface area contributed by atoms with Gasteiger partial charge in [0.15, 0.2) is 0 Å². The number of hydrogen-bond donors (Lipinski definition) is 2. The van der Waals surface area contributed by atoms with Crippen LogP contribution in [0.1, 0.15) is 67.2 Å². The van der Waals surface area contributed by atoms with Crippen molar-refractivity contribution in [2.45, 2.75) is 72.8 Å². The predicted molar refractivity (Wildman–Crippen MR) is 76.4 cm³/mol. The minimum Gasteiger partial charge on any atom is -0.388 e. The molecule has 0 aromatic heterocycles. The number of unbranched alkanes of at least 4 members (excludes halogenated alkanes) is 2. The zero-order chi connectivity index (χ0) is 14.4. The van der Waals surface area contributed by atoms with Crippen LogP contribution in [0.3, 0.4) is 0 Å². The van der Waals surface area contributed by atoms with Gasteiger partial charge in [-0.05, 0) is 19.3 Å². The zero-order valence-electron chi connectivity index (χ0n) is 13.0. The van der Waals surface area contributed by atoms with Crippen LogP contribution in [0.15, 0.2) is 0 Å². The van der Waals surface area contributed by atoms with Crippen LogP contribution in [0.2, 0.25) is 0 Å². The highest BCUT2D eigenvalue weighted by atomic mass is 16.3. The summed E-state index contributed by atoms with van der Waals surface area (Å²) in [5.74, 6) is 0.167. The van der Waals surface area contributed by atoms with Gasteiger partial charge in [0.05, 0.1) is 5.60 Å². The molecule has 0 fully saturated rings. The topological polar surface area (TPSA) is 49.3 Å². The lowest BCUT2D eigenvalue weighted by molar-refractivity contribution is -0.131. The molecule has 0 aliphatic heterocycles. The van der Waals surface area contributed by atoms with Gasteiger partial charge < -0.3 is 10.4 Å². The number of rotatable bonds is 8. The van der Waals surface area contributed by atoms with Crippen LogP contribution >= 0.6 is 0 Å². The van der Waals surface area contributed by atoms with E-state index in [-0.39, 0.29) is 17.2 Å². The quantitative estimate of drug-likeness (QED) is 0.656. The highest BCUT2D eigenvalue weighted by molar-refractivity contribution is 5.81. The second-order valence-electron chi connectivity index (χ2n) is 6.54. The second kappa shape index (κ2) is 7.13. The van der Waals surface area contributed by atoms with Crippen LogP contribution in [0.25, 0.3) is 0 Å². The van der Waals surface area contributed by atoms with E-state index in [1.165, 1.54) is 12.8 Å². The van der Waals surface area contributed by atoms with Crippen LogP contribution in [0, 0.1) is 11.3 Å². The molecular weight excluding hydrogens is 226 g/mol. The average molecular weight is 257 g/mol. The van der Waals surface area contributed by atoms with E-state index in [1.54, 1.807) is 6.92 Å². The van der Waals surface area contributed by atoms with Crippen LogP contribution in [0.4, 0.5) is 0 Å². The molecule has 1 atom stereocenters. The summed E-state index contributed by atoms with van der Waals surface area (Å²) in [5, 5.41) is 13.0. The summed E-state index contributed by atoms with van der Waals surface area (Å²) in [6.07, 6.45) is 4.31. The summed E-state index contributed by atoms with van der Waals surface area (Å²) in [7, 11) is 0. The van der Waals surface area contributed by atoms with Gasteiger partial charge in [-0.1, -0.05) is 53.9 Å². The normalized spacial score (nSPS) is 15.6. The standard InChI is InChI=1S/C15H31NO2/c1-7-8-9-10-14(4,5)13(17)16-11-15(6,18)12(2)3/h12,18H,7-11H2,1-6H3,(H,16,17)/t15-/m1/s1. The first-order valence-electron chi connectivity index (χ1n) is 7.14. The Morgan fingerprint density at radius 3 is 2.22 bits per heavy atom. The Bertz CT molecular complexity index is 257. The van der Waals surface area contributed by atoms with Crippen molar-refractivity contribution < 1.29 is 9.90 Å². The first-order valence-corrected chi connectivity index (χ1v) is 7.14. The summed E-state index contributed by atoms with van der Waals surface area (Å²) >= 11 is 0. The largest absolute Gasteiger partial charge is 0.388 e. The molecule has 0 aliphatic rings. The average Bonchev–Trinajstić information content (AvgIpc) is 2.25. The number of carbonyl (C=O) groups excluding carboxylic acids is 1. The van der Waals surface area contributed by atoms with Crippen molar-refractivity contribution in [2.75, 3.05) is 6.54 Å². The maximum atomic E-state index is 12.1. The first-order chi connectivity index (χ1) is 8.13. The Morgan fingerprint density at radius 1 is 1.22 bits per heavy atom. The van der Waals surface area contributed by atoms with E-state index >= 15 is 0 Å². The zero-order valence-corrected chi connectivity index (χ0v) is 13.0. The van der Waals surface area contributed by atoms with E-state index in [4.69, 9.17) is 0 Å². The number of aliphatic hydroxyl groups is 1. The predicted octanol–water partition coefficient (Wildman–Crippen LogP) is 3.12. The highest BCUT2D eigenvalue weighted by Crippen LogP contribution is 2.24. The Kier molecular flexibility index (Phi) is 6.90. The van der Waals surface area contributed by atoms with Crippen molar-refractivity contribution in [2.24, 2.45) is 11.3 Å². The Morgan fingerprint density at radius 2 is 1.78 bits per heavy atom. The third-order valence-corrected chi connectivity index (χ3v) is 3.87. The minimum atomic E-state index is -0.838. The molecule has 0 rings (SSSR count). The maximum absolute atomic E-state index is 12.1. The Hall–Kier alpha value is -0.570. The third kappa shape index (κ3) is 5.85. The summed E-state index contributed by atoms with van der Waals surface area (Å²) in [6.45, 7) is 12.1. The fraction of sp³-hybridized carbons (Fsp3) is 0.933. The molecule has 0 unspecified atom stereocenters. The second-order valence-corrected chi connectivity index (χ2v) is 6.54. The van der Waals surface area contributed by atoms with Crippen LogP contribution in [-0.2, 0) is 4.79 Å². The molecule has 2 N–H and O–H groups in total. The van der Waals surface area contributed by atoms with Gasteiger partial charge in [0.2, 0.25) is 5.91 Å². The molecule has 1 amide bonds. The Balaban J connectivity index is 4.22. The molecule has 18 heavy (non-hydrogen) atoms. The molecule has 0 saturated heterocycles. The molecule has 0 radical (unpaired) electrons. The first kappa shape index (κ1) is 17.4. The SMILES string of the molecule is CCCCCC(C)(C)C(=O)NC[C@@](C)(O)C(C)C. The van der Waals surface area contributed by atoms with E-state index in [1.807, 2.05) is 27.7 Å². The van der Waals surface area contributed by atoms with Gasteiger partial charge in [0, 0.05) is 12.0 Å². The molecular formula is C15H31NO2. The smallest absolute Gasteiger partial charge is 0.225 e. The molecule has 0 aromatic rings. The summed E-state index contributed by atoms with van der Waals surface area (Å²) in [5.41, 5.74) is -1.18. The molecule has 0 saturated carbocycles. The molecule has 0 bridgehead atoms. The van der Waals surface area contributed by atoms with E-state index in [0.717, 1.165) is 12.8 Å². The molecule has 0 heterocycles. The van der Waals surface area contributed by atoms with Crippen molar-refractivity contribution in [3.8, 4) is 0 Å². The molecule has 108 valence electrons. The minimum absolute atomic E-state index is 0.0412. The van der Waals surface area contributed by atoms with Crippen molar-refractivity contribution in [3.63, 3.8) is 0 Å². The lowest BCUT2D eigenvalue weighted by Gasteiger charge is -2.30. The van der Waals surface area contributed by atoms with Crippen molar-refractivity contribution in [3.05, 3.63) is 0 Å². The molecule has 0 spiro atoms. The lowest BCUT2D eigenvalue weighted by Crippen LogP contribution is -2.47. The maximum Gasteiger partial charge on any atom is 0.225 e. The van der Waals surface area contributed by atoms with Gasteiger partial charge in [0.25, 0.3) is 0 Å². The van der Waals surface area contributed by atoms with Gasteiger partial charge in [0.1, 0.15) is 0 Å². The summed E-state index contributed by atoms with van der Waals surface area (Å²) in [6, 6.07) is 0. The van der Waals surface area contributed by atoms with E-state index < -0.39 is 5.60 Å². The van der Waals surface area contributed by atoms with Crippen LogP contribution in [0.5, 0.6) is 0 Å². The number of carbonyl (C=O) groups is 1. The highest BCUT2D eigenvalue weighted by Gasteiger charge is 2.30.